The molecule has 1 aromatic rings. The number of ether oxygens (including phenoxy) is 2. The number of methoxy groups -OCH3 is 1. The van der Waals surface area contributed by atoms with Crippen molar-refractivity contribution in [1.29, 1.82) is 15.8 Å². The summed E-state index contributed by atoms with van der Waals surface area (Å²) in [4.78, 5) is 14.3. The molecule has 3 rings (SSSR count). The molecule has 0 aromatic heterocycles. The first-order chi connectivity index (χ1) is 15.5. The molecule has 0 unspecified atom stereocenters. The van der Waals surface area contributed by atoms with Crippen molar-refractivity contribution in [2.24, 2.45) is 17.1 Å². The molecule has 0 spiro atoms. The van der Waals surface area contributed by atoms with Gasteiger partial charge in [-0.15, -0.1) is 0 Å². The van der Waals surface area contributed by atoms with E-state index in [9.17, 15) is 20.6 Å². The van der Waals surface area contributed by atoms with E-state index in [1.165, 1.54) is 4.90 Å². The number of hydrogen-bond donors (Lipinski definition) is 1. The number of rotatable bonds is 2. The van der Waals surface area contributed by atoms with Crippen LogP contribution in [0.2, 0.25) is 0 Å². The Hall–Kier alpha value is -3.48. The molecule has 0 saturated carbocycles. The van der Waals surface area contributed by atoms with Gasteiger partial charge in [0.1, 0.15) is 11.4 Å². The zero-order valence-electron chi connectivity index (χ0n) is 18.8. The Morgan fingerprint density at radius 1 is 1.27 bits per heavy atom. The van der Waals surface area contributed by atoms with Gasteiger partial charge in [0.2, 0.25) is 5.41 Å². The van der Waals surface area contributed by atoms with Crippen LogP contribution in [0.25, 0.3) is 0 Å². The molecule has 0 saturated heterocycles. The van der Waals surface area contributed by atoms with Crippen LogP contribution in [-0.4, -0.2) is 36.8 Å². The van der Waals surface area contributed by atoms with Crippen molar-refractivity contribution in [2.45, 2.75) is 32.3 Å². The summed E-state index contributed by atoms with van der Waals surface area (Å²) in [6.07, 6.45) is 1.19. The second kappa shape index (κ2) is 8.81. The van der Waals surface area contributed by atoms with Gasteiger partial charge in [-0.25, -0.2) is 4.79 Å². The maximum atomic E-state index is 12.8. The number of nitrogens with zero attached hydrogens (tertiary/aromatic N) is 4. The first kappa shape index (κ1) is 24.2. The summed E-state index contributed by atoms with van der Waals surface area (Å²) >= 11 is 3.48. The van der Waals surface area contributed by atoms with Gasteiger partial charge in [-0.1, -0.05) is 12.1 Å². The molecule has 1 amide bonds. The van der Waals surface area contributed by atoms with Crippen LogP contribution >= 0.6 is 15.9 Å². The lowest BCUT2D eigenvalue weighted by Gasteiger charge is -2.45. The standard InChI is InChI=1S/C24H24BrN5O3/c1-23(2,3)33-22(31)30-8-7-17-16(11-30)20(14-5-6-19(32-4)18(25)9-14)15(10-26)21(29)24(17,12-27)13-28/h5-7,9,16,20H,8,11,29H2,1-4H3/t16-,20-/m0/s1. The lowest BCUT2D eigenvalue weighted by atomic mass is 9.60. The van der Waals surface area contributed by atoms with E-state index in [2.05, 4.69) is 22.0 Å². The maximum Gasteiger partial charge on any atom is 0.410 e. The van der Waals surface area contributed by atoms with Crippen molar-refractivity contribution >= 4 is 22.0 Å². The van der Waals surface area contributed by atoms with Gasteiger partial charge in [-0.3, -0.25) is 0 Å². The van der Waals surface area contributed by atoms with Crippen LogP contribution in [0, 0.1) is 45.3 Å². The summed E-state index contributed by atoms with van der Waals surface area (Å²) in [5, 5.41) is 30.0. The molecule has 1 aliphatic carbocycles. The van der Waals surface area contributed by atoms with Gasteiger partial charge in [0.05, 0.1) is 41.1 Å². The van der Waals surface area contributed by atoms with Gasteiger partial charge in [0, 0.05) is 24.9 Å². The Morgan fingerprint density at radius 2 is 1.94 bits per heavy atom. The first-order valence-corrected chi connectivity index (χ1v) is 11.1. The molecule has 9 heteroatoms. The third-order valence-corrected chi connectivity index (χ3v) is 6.45. The third-order valence-electron chi connectivity index (χ3n) is 5.83. The second-order valence-electron chi connectivity index (χ2n) is 8.94. The smallest absolute Gasteiger partial charge is 0.410 e. The highest BCUT2D eigenvalue weighted by Crippen LogP contribution is 2.53. The Kier molecular flexibility index (Phi) is 6.45. The minimum atomic E-state index is -1.77. The average molecular weight is 510 g/mol. The number of benzene rings is 1. The lowest BCUT2D eigenvalue weighted by molar-refractivity contribution is 0.0229. The highest BCUT2D eigenvalue weighted by atomic mass is 79.9. The fraction of sp³-hybridized carbons (Fsp3) is 0.417. The van der Waals surface area contributed by atoms with Crippen molar-refractivity contribution in [3.05, 3.63) is 51.2 Å². The van der Waals surface area contributed by atoms with Crippen LogP contribution in [0.1, 0.15) is 32.3 Å². The van der Waals surface area contributed by atoms with E-state index in [-0.39, 0.29) is 24.4 Å². The summed E-state index contributed by atoms with van der Waals surface area (Å²) < 4.78 is 11.5. The molecule has 1 heterocycles. The minimum Gasteiger partial charge on any atom is -0.496 e. The van der Waals surface area contributed by atoms with E-state index in [0.29, 0.717) is 15.8 Å². The van der Waals surface area contributed by atoms with Crippen LogP contribution in [0.5, 0.6) is 5.75 Å². The largest absolute Gasteiger partial charge is 0.496 e. The van der Waals surface area contributed by atoms with Gasteiger partial charge >= 0.3 is 6.09 Å². The van der Waals surface area contributed by atoms with Gasteiger partial charge in [0.15, 0.2) is 0 Å². The molecule has 2 atom stereocenters. The molecule has 1 aromatic carbocycles. The molecule has 33 heavy (non-hydrogen) atoms. The predicted octanol–water partition coefficient (Wildman–Crippen LogP) is 4.12. The van der Waals surface area contributed by atoms with E-state index in [4.69, 9.17) is 15.2 Å². The van der Waals surface area contributed by atoms with E-state index in [1.54, 1.807) is 40.0 Å². The summed E-state index contributed by atoms with van der Waals surface area (Å²) in [6.45, 7) is 5.67. The number of amides is 1. The molecule has 2 aliphatic rings. The van der Waals surface area contributed by atoms with Crippen molar-refractivity contribution in [3.8, 4) is 24.0 Å². The predicted molar refractivity (Wildman–Crippen MR) is 123 cm³/mol. The Morgan fingerprint density at radius 3 is 2.45 bits per heavy atom. The number of halogens is 1. The summed E-state index contributed by atoms with van der Waals surface area (Å²) in [5.74, 6) is -0.473. The van der Waals surface area contributed by atoms with Crippen molar-refractivity contribution < 1.29 is 14.3 Å². The number of carbonyl (C=O) groups is 1. The zero-order valence-corrected chi connectivity index (χ0v) is 20.4. The fourth-order valence-electron chi connectivity index (χ4n) is 4.37. The van der Waals surface area contributed by atoms with E-state index in [1.807, 2.05) is 24.3 Å². The number of nitriles is 3. The maximum absolute atomic E-state index is 12.8. The first-order valence-electron chi connectivity index (χ1n) is 10.3. The van der Waals surface area contributed by atoms with Crippen LogP contribution < -0.4 is 10.5 Å². The van der Waals surface area contributed by atoms with Crippen LogP contribution in [0.4, 0.5) is 4.79 Å². The second-order valence-corrected chi connectivity index (χ2v) is 9.79. The molecule has 2 N–H and O–H groups in total. The Labute approximate surface area is 201 Å². The average Bonchev–Trinajstić information content (AvgIpc) is 2.77. The molecule has 0 radical (unpaired) electrons. The molecule has 0 bridgehead atoms. The highest BCUT2D eigenvalue weighted by Gasteiger charge is 2.53. The third kappa shape index (κ3) is 4.15. The monoisotopic (exact) mass is 509 g/mol. The molecule has 1 aliphatic heterocycles. The van der Waals surface area contributed by atoms with Crippen molar-refractivity contribution in [3.63, 3.8) is 0 Å². The Bertz CT molecular complexity index is 1160. The molecular formula is C24H24BrN5O3. The fourth-order valence-corrected chi connectivity index (χ4v) is 4.93. The normalized spacial score (nSPS) is 21.6. The quantitative estimate of drug-likeness (QED) is 0.591. The highest BCUT2D eigenvalue weighted by molar-refractivity contribution is 9.10. The molecule has 170 valence electrons. The number of carbonyl (C=O) groups excluding carboxylic acids is 1. The number of allylic oxidation sites excluding steroid dienone is 2. The van der Waals surface area contributed by atoms with Gasteiger partial charge in [-0.2, -0.15) is 15.8 Å². The van der Waals surface area contributed by atoms with E-state index < -0.39 is 28.9 Å². The van der Waals surface area contributed by atoms with Crippen molar-refractivity contribution in [1.82, 2.24) is 4.90 Å². The summed E-state index contributed by atoms with van der Waals surface area (Å²) in [7, 11) is 1.55. The number of fused-ring (bicyclic) bond motifs is 1. The van der Waals surface area contributed by atoms with Crippen molar-refractivity contribution in [2.75, 3.05) is 20.2 Å². The topological polar surface area (TPSA) is 136 Å². The molecule has 0 fully saturated rings. The lowest BCUT2D eigenvalue weighted by Crippen LogP contribution is -2.49. The molecular weight excluding hydrogens is 486 g/mol. The van der Waals surface area contributed by atoms with Crippen LogP contribution in [-0.2, 0) is 4.74 Å². The van der Waals surface area contributed by atoms with E-state index >= 15 is 0 Å². The number of hydrogen-bond acceptors (Lipinski definition) is 7. The van der Waals surface area contributed by atoms with E-state index in [0.717, 1.165) is 5.56 Å². The zero-order chi connectivity index (χ0) is 24.6. The van der Waals surface area contributed by atoms with Gasteiger partial charge in [0.25, 0.3) is 0 Å². The summed E-state index contributed by atoms with van der Waals surface area (Å²) in [6, 6.07) is 11.6. The van der Waals surface area contributed by atoms with Gasteiger partial charge in [-0.05, 0) is 60.0 Å². The summed E-state index contributed by atoms with van der Waals surface area (Å²) in [5.41, 5.74) is 5.19. The van der Waals surface area contributed by atoms with Gasteiger partial charge < -0.3 is 20.1 Å². The SMILES string of the molecule is COc1ccc([C@H]2C(C#N)=C(N)C(C#N)(C#N)C3=CCN(C(=O)OC(C)(C)C)C[C@@H]32)cc1Br. The Balaban J connectivity index is 2.20. The minimum absolute atomic E-state index is 0.0693. The number of nitrogens with two attached hydrogens (primary N) is 1. The van der Waals surface area contributed by atoms with Crippen LogP contribution in [0.15, 0.2) is 45.6 Å². The van der Waals surface area contributed by atoms with Crippen LogP contribution in [0.3, 0.4) is 0 Å². The molecule has 8 nitrogen and oxygen atoms in total.